The van der Waals surface area contributed by atoms with Gasteiger partial charge in [-0.15, -0.1) is 0 Å². The van der Waals surface area contributed by atoms with Crippen LogP contribution in [0.4, 0.5) is 5.69 Å². The SMILES string of the molecule is CCS(=O)(=O)NC(=O)[C@@]1(O)CC(=O)N(C)CC/C=C/[C@H](OC)[C@@H]2CC[C@H]2CN2CCCCc3cc(Cl)ccc3COc3ccc1cc32. The highest BCUT2D eigenvalue weighted by Crippen LogP contribution is 2.42. The summed E-state index contributed by atoms with van der Waals surface area (Å²) < 4.78 is 39.4. The van der Waals surface area contributed by atoms with Gasteiger partial charge in [0.05, 0.1) is 24.0 Å². The Hall–Kier alpha value is -3.12. The molecule has 5 rings (SSSR count). The van der Waals surface area contributed by atoms with E-state index in [1.165, 1.54) is 11.8 Å². The molecule has 47 heavy (non-hydrogen) atoms. The molecule has 2 N–H and O–H groups in total. The van der Waals surface area contributed by atoms with Crippen LogP contribution in [0.2, 0.25) is 5.02 Å². The van der Waals surface area contributed by atoms with Gasteiger partial charge < -0.3 is 24.4 Å². The van der Waals surface area contributed by atoms with Crippen LogP contribution in [0, 0.1) is 11.8 Å². The van der Waals surface area contributed by atoms with Crippen molar-refractivity contribution < 1.29 is 32.6 Å². The Morgan fingerprint density at radius 1 is 1.15 bits per heavy atom. The van der Waals surface area contributed by atoms with E-state index in [0.29, 0.717) is 54.4 Å². The number of benzene rings is 2. The van der Waals surface area contributed by atoms with Gasteiger partial charge in [0.1, 0.15) is 12.4 Å². The van der Waals surface area contributed by atoms with Crippen molar-refractivity contribution in [2.24, 2.45) is 11.8 Å². The van der Waals surface area contributed by atoms with E-state index >= 15 is 0 Å². The lowest BCUT2D eigenvalue weighted by molar-refractivity contribution is -0.148. The van der Waals surface area contributed by atoms with E-state index in [1.54, 1.807) is 32.4 Å². The number of ether oxygens (including phenoxy) is 2. The number of aryl methyl sites for hydroxylation is 1. The van der Waals surface area contributed by atoms with Crippen LogP contribution in [0.5, 0.6) is 5.75 Å². The predicted octanol–water partition coefficient (Wildman–Crippen LogP) is 4.56. The van der Waals surface area contributed by atoms with E-state index in [9.17, 15) is 23.1 Å². The van der Waals surface area contributed by atoms with E-state index in [2.05, 4.69) is 11.0 Å². The third-order valence-corrected chi connectivity index (χ3v) is 11.4. The number of carbonyl (C=O) groups is 2. The minimum absolute atomic E-state index is 0.0535. The summed E-state index contributed by atoms with van der Waals surface area (Å²) in [6.07, 6.45) is 8.64. The summed E-state index contributed by atoms with van der Waals surface area (Å²) in [5.74, 6) is -0.834. The van der Waals surface area contributed by atoms with Crippen molar-refractivity contribution in [1.29, 1.82) is 0 Å². The largest absolute Gasteiger partial charge is 0.487 e. The molecule has 2 bridgehead atoms. The Bertz CT molecular complexity index is 1600. The van der Waals surface area contributed by atoms with Crippen molar-refractivity contribution in [1.82, 2.24) is 9.62 Å². The van der Waals surface area contributed by atoms with Crippen LogP contribution in [0.3, 0.4) is 0 Å². The molecule has 2 aromatic carbocycles. The Morgan fingerprint density at radius 2 is 1.96 bits per heavy atom. The first-order valence-corrected chi connectivity index (χ1v) is 18.5. The van der Waals surface area contributed by atoms with Crippen LogP contribution in [-0.2, 0) is 43.0 Å². The monoisotopic (exact) mass is 687 g/mol. The molecule has 0 unspecified atom stereocenters. The molecule has 4 atom stereocenters. The third-order valence-electron chi connectivity index (χ3n) is 9.87. The number of aliphatic hydroxyl groups is 1. The molecule has 0 radical (unpaired) electrons. The lowest BCUT2D eigenvalue weighted by Crippen LogP contribution is -2.50. The molecular formula is C35H46ClN3O7S. The summed E-state index contributed by atoms with van der Waals surface area (Å²) in [7, 11) is -0.696. The average Bonchev–Trinajstić information content (AvgIpc) is 3.06. The van der Waals surface area contributed by atoms with Gasteiger partial charge in [0.25, 0.3) is 5.91 Å². The van der Waals surface area contributed by atoms with Gasteiger partial charge in [-0.25, -0.2) is 8.42 Å². The van der Waals surface area contributed by atoms with E-state index in [1.807, 2.05) is 29.0 Å². The van der Waals surface area contributed by atoms with Crippen molar-refractivity contribution >= 4 is 39.1 Å². The quantitative estimate of drug-likeness (QED) is 0.448. The number of fused-ring (bicyclic) bond motifs is 3. The van der Waals surface area contributed by atoms with E-state index in [-0.39, 0.29) is 24.0 Å². The number of carbonyl (C=O) groups excluding carboxylic acids is 2. The van der Waals surface area contributed by atoms with Gasteiger partial charge in [0, 0.05) is 38.8 Å². The standard InChI is InChI=1S/C35H46ClN3O7S/c1-4-47(43,44)37-34(41)35(42)21-33(40)38(2)17-7-6-10-31(45-3)29-15-12-25(29)22-39-18-8-5-9-24-19-28(36)14-11-26(24)23-46-32-16-13-27(35)20-30(32)39/h6,10-11,13-14,16,19-20,25,29,31,42H,4-5,7-9,12,15,17-18,21-23H2,1-3H3,(H,37,41)/b10-6+/t25-,29+,31-,35+/m0/s1. The van der Waals surface area contributed by atoms with Gasteiger partial charge in [-0.1, -0.05) is 35.9 Å². The van der Waals surface area contributed by atoms with Crippen LogP contribution in [-0.4, -0.2) is 75.9 Å². The zero-order valence-corrected chi connectivity index (χ0v) is 29.0. The summed E-state index contributed by atoms with van der Waals surface area (Å²) in [5.41, 5.74) is 0.484. The fraction of sp³-hybridized carbons (Fsp3) is 0.543. The number of anilines is 1. The number of rotatable bonds is 4. The molecule has 2 aliphatic heterocycles. The smallest absolute Gasteiger partial charge is 0.270 e. The molecule has 10 nitrogen and oxygen atoms in total. The highest BCUT2D eigenvalue weighted by Gasteiger charge is 2.44. The predicted molar refractivity (Wildman–Crippen MR) is 182 cm³/mol. The Morgan fingerprint density at radius 3 is 2.68 bits per heavy atom. The van der Waals surface area contributed by atoms with Gasteiger partial charge >= 0.3 is 0 Å². The summed E-state index contributed by atoms with van der Waals surface area (Å²) in [6.45, 7) is 3.42. The number of nitrogens with one attached hydrogen (secondary N) is 1. The van der Waals surface area contributed by atoms with E-state index in [0.717, 1.165) is 43.2 Å². The highest BCUT2D eigenvalue weighted by atomic mass is 35.5. The topological polar surface area (TPSA) is 125 Å². The molecule has 12 heteroatoms. The molecule has 2 heterocycles. The van der Waals surface area contributed by atoms with Crippen LogP contribution in [0.25, 0.3) is 0 Å². The first-order valence-electron chi connectivity index (χ1n) is 16.4. The minimum atomic E-state index is -4.03. The number of methoxy groups -OCH3 is 1. The molecule has 1 aliphatic carbocycles. The maximum absolute atomic E-state index is 13.7. The van der Waals surface area contributed by atoms with Crippen molar-refractivity contribution in [3.05, 3.63) is 70.3 Å². The van der Waals surface area contributed by atoms with Gasteiger partial charge in [-0.3, -0.25) is 14.3 Å². The number of amides is 2. The average molecular weight is 688 g/mol. The zero-order valence-electron chi connectivity index (χ0n) is 27.4. The van der Waals surface area contributed by atoms with Crippen LogP contribution in [0.15, 0.2) is 48.6 Å². The summed E-state index contributed by atoms with van der Waals surface area (Å²) in [4.78, 5) is 30.8. The Labute approximate surface area is 283 Å². The maximum Gasteiger partial charge on any atom is 0.270 e. The van der Waals surface area contributed by atoms with Crippen LogP contribution < -0.4 is 14.4 Å². The summed E-state index contributed by atoms with van der Waals surface area (Å²) >= 11 is 6.34. The molecular weight excluding hydrogens is 642 g/mol. The van der Waals surface area contributed by atoms with Crippen LogP contribution in [0.1, 0.15) is 62.1 Å². The molecule has 0 aromatic heterocycles. The molecule has 1 saturated carbocycles. The third kappa shape index (κ3) is 8.13. The Kier molecular flexibility index (Phi) is 11.2. The van der Waals surface area contributed by atoms with Gasteiger partial charge in [0.15, 0.2) is 5.60 Å². The Balaban J connectivity index is 1.62. The number of nitrogens with zero attached hydrogens (tertiary/aromatic N) is 2. The lowest BCUT2D eigenvalue weighted by Gasteiger charge is -2.43. The number of hydrogen-bond donors (Lipinski definition) is 2. The fourth-order valence-corrected chi connectivity index (χ4v) is 7.51. The first kappa shape index (κ1) is 35.2. The van der Waals surface area contributed by atoms with Crippen molar-refractivity contribution in [3.8, 4) is 5.75 Å². The molecule has 2 aromatic rings. The van der Waals surface area contributed by atoms with E-state index < -0.39 is 33.9 Å². The molecule has 1 fully saturated rings. The molecule has 256 valence electrons. The summed E-state index contributed by atoms with van der Waals surface area (Å²) in [5, 5.41) is 12.8. The normalized spacial score (nSPS) is 26.5. The van der Waals surface area contributed by atoms with Crippen molar-refractivity contribution in [2.75, 3.05) is 44.4 Å². The maximum atomic E-state index is 13.7. The fourth-order valence-electron chi connectivity index (χ4n) is 6.72. The molecule has 2 amide bonds. The summed E-state index contributed by atoms with van der Waals surface area (Å²) in [6, 6.07) is 10.7. The number of halogens is 1. The highest BCUT2D eigenvalue weighted by molar-refractivity contribution is 7.90. The van der Waals surface area contributed by atoms with Gasteiger partial charge in [0.2, 0.25) is 15.9 Å². The van der Waals surface area contributed by atoms with Crippen molar-refractivity contribution in [3.63, 3.8) is 0 Å². The molecule has 0 saturated heterocycles. The second-order valence-electron chi connectivity index (χ2n) is 12.9. The molecule has 3 aliphatic rings. The number of sulfonamides is 1. The lowest BCUT2D eigenvalue weighted by atomic mass is 9.70. The number of hydrogen-bond acceptors (Lipinski definition) is 8. The van der Waals surface area contributed by atoms with E-state index in [4.69, 9.17) is 21.1 Å². The molecule has 0 spiro atoms. The second-order valence-corrected chi connectivity index (χ2v) is 15.3. The zero-order chi connectivity index (χ0) is 33.8. The first-order chi connectivity index (χ1) is 22.4. The van der Waals surface area contributed by atoms with Crippen molar-refractivity contribution in [2.45, 2.75) is 70.2 Å². The second kappa shape index (κ2) is 15.0. The van der Waals surface area contributed by atoms with Gasteiger partial charge in [-0.2, -0.15) is 0 Å². The van der Waals surface area contributed by atoms with Crippen LogP contribution >= 0.6 is 11.6 Å². The van der Waals surface area contributed by atoms with Gasteiger partial charge in [-0.05, 0) is 98.2 Å². The minimum Gasteiger partial charge on any atom is -0.487 e.